The minimum Gasteiger partial charge on any atom is -0.495 e. The van der Waals surface area contributed by atoms with Gasteiger partial charge in [-0.15, -0.1) is 0 Å². The van der Waals surface area contributed by atoms with Crippen molar-refractivity contribution < 1.29 is 17.9 Å². The van der Waals surface area contributed by atoms with E-state index in [1.165, 1.54) is 19.3 Å². The lowest BCUT2D eigenvalue weighted by molar-refractivity contribution is -0.114. The number of nitrogens with one attached hydrogen (secondary N) is 1. The molecule has 3 aromatic heterocycles. The van der Waals surface area contributed by atoms with Gasteiger partial charge in [0.1, 0.15) is 22.1 Å². The molecule has 0 fully saturated rings. The van der Waals surface area contributed by atoms with Gasteiger partial charge in [-0.1, -0.05) is 6.07 Å². The summed E-state index contributed by atoms with van der Waals surface area (Å²) in [6, 6.07) is 8.51. The molecule has 0 atom stereocenters. The van der Waals surface area contributed by atoms with Gasteiger partial charge in [-0.25, -0.2) is 18.1 Å². The number of hydrogen-bond acceptors (Lipinski definition) is 6. The van der Waals surface area contributed by atoms with Crippen LogP contribution in [0.5, 0.6) is 5.75 Å². The van der Waals surface area contributed by atoms with Gasteiger partial charge in [0, 0.05) is 36.5 Å². The normalized spacial score (nSPS) is 11.9. The van der Waals surface area contributed by atoms with Crippen molar-refractivity contribution in [3.8, 4) is 11.6 Å². The Labute approximate surface area is 197 Å². The number of ether oxygens (including phenoxy) is 1. The molecule has 0 spiro atoms. The number of sulfonamides is 1. The Morgan fingerprint density at radius 3 is 2.68 bits per heavy atom. The lowest BCUT2D eigenvalue weighted by Crippen LogP contribution is -2.29. The number of methoxy groups -OCH3 is 1. The van der Waals surface area contributed by atoms with Crippen LogP contribution in [0.4, 0.5) is 0 Å². The highest BCUT2D eigenvalue weighted by Crippen LogP contribution is 2.27. The first-order chi connectivity index (χ1) is 16.1. The number of amides is 1. The van der Waals surface area contributed by atoms with Crippen LogP contribution < -0.4 is 9.46 Å². The fourth-order valence-corrected chi connectivity index (χ4v) is 5.00. The Bertz CT molecular complexity index is 1550. The van der Waals surface area contributed by atoms with E-state index >= 15 is 0 Å². The van der Waals surface area contributed by atoms with Gasteiger partial charge in [-0.3, -0.25) is 14.0 Å². The van der Waals surface area contributed by atoms with E-state index in [1.54, 1.807) is 36.1 Å². The lowest BCUT2D eigenvalue weighted by Gasteiger charge is -2.10. The van der Waals surface area contributed by atoms with Crippen molar-refractivity contribution in [3.05, 3.63) is 71.2 Å². The third-order valence-electron chi connectivity index (χ3n) is 5.47. The minimum atomic E-state index is -4.13. The second kappa shape index (κ2) is 8.79. The van der Waals surface area contributed by atoms with Crippen LogP contribution in [0.25, 0.3) is 22.9 Å². The maximum atomic E-state index is 12.8. The molecular weight excluding hydrogens is 454 g/mol. The number of fused-ring (bicyclic) bond motifs is 1. The van der Waals surface area contributed by atoms with Crippen molar-refractivity contribution in [1.29, 1.82) is 0 Å². The first kappa shape index (κ1) is 23.2. The Morgan fingerprint density at radius 1 is 1.18 bits per heavy atom. The molecule has 3 heterocycles. The molecule has 1 N–H and O–H groups in total. The smallest absolute Gasteiger partial charge is 0.267 e. The molecule has 0 aliphatic heterocycles. The first-order valence-electron chi connectivity index (χ1n) is 10.5. The summed E-state index contributed by atoms with van der Waals surface area (Å²) in [5.41, 5.74) is 4.00. The molecule has 4 rings (SSSR count). The highest BCUT2D eigenvalue weighted by molar-refractivity contribution is 7.90. The number of carbonyl (C=O) groups excluding carboxylic acids is 1. The SMILES string of the molecule is COc1cc(C)ccc1S(=O)(=O)NC(=O)C=Cc1c(C)nn(C)c1-n1cc(C)c2cccnc21. The lowest BCUT2D eigenvalue weighted by atomic mass is 10.2. The van der Waals surface area contributed by atoms with Gasteiger partial charge < -0.3 is 4.74 Å². The molecule has 1 amide bonds. The zero-order valence-corrected chi connectivity index (χ0v) is 20.3. The summed E-state index contributed by atoms with van der Waals surface area (Å²) < 4.78 is 36.4. The molecule has 0 saturated heterocycles. The molecule has 0 bridgehead atoms. The molecule has 34 heavy (non-hydrogen) atoms. The third-order valence-corrected chi connectivity index (χ3v) is 6.86. The van der Waals surface area contributed by atoms with E-state index in [9.17, 15) is 13.2 Å². The maximum Gasteiger partial charge on any atom is 0.267 e. The molecule has 1 aromatic carbocycles. The van der Waals surface area contributed by atoms with Crippen LogP contribution in [0.15, 0.2) is 53.7 Å². The second-order valence-electron chi connectivity index (χ2n) is 7.96. The number of benzene rings is 1. The van der Waals surface area contributed by atoms with Crippen LogP contribution in [0.1, 0.15) is 22.4 Å². The van der Waals surface area contributed by atoms with E-state index in [4.69, 9.17) is 4.74 Å². The molecule has 10 heteroatoms. The van der Waals surface area contributed by atoms with Crippen molar-refractivity contribution in [2.45, 2.75) is 25.7 Å². The minimum absolute atomic E-state index is 0.110. The van der Waals surface area contributed by atoms with Gasteiger partial charge in [0.15, 0.2) is 0 Å². The highest BCUT2D eigenvalue weighted by Gasteiger charge is 2.22. The number of hydrogen-bond donors (Lipinski definition) is 1. The molecule has 0 unspecified atom stereocenters. The van der Waals surface area contributed by atoms with Crippen LogP contribution in [0.2, 0.25) is 0 Å². The third kappa shape index (κ3) is 4.19. The van der Waals surface area contributed by atoms with Crippen LogP contribution >= 0.6 is 0 Å². The molecular formula is C24H25N5O4S. The zero-order valence-electron chi connectivity index (χ0n) is 19.5. The van der Waals surface area contributed by atoms with E-state index in [0.29, 0.717) is 17.1 Å². The summed E-state index contributed by atoms with van der Waals surface area (Å²) in [6.45, 7) is 5.64. The van der Waals surface area contributed by atoms with Gasteiger partial charge in [-0.05, 0) is 62.2 Å². The van der Waals surface area contributed by atoms with Crippen LogP contribution in [0, 0.1) is 20.8 Å². The predicted molar refractivity (Wildman–Crippen MR) is 129 cm³/mol. The predicted octanol–water partition coefficient (Wildman–Crippen LogP) is 3.21. The Morgan fingerprint density at radius 2 is 1.94 bits per heavy atom. The van der Waals surface area contributed by atoms with Gasteiger partial charge >= 0.3 is 0 Å². The number of rotatable bonds is 6. The van der Waals surface area contributed by atoms with Crippen LogP contribution in [0.3, 0.4) is 0 Å². The number of nitrogens with zero attached hydrogens (tertiary/aromatic N) is 4. The van der Waals surface area contributed by atoms with E-state index in [-0.39, 0.29) is 10.6 Å². The van der Waals surface area contributed by atoms with Gasteiger partial charge in [0.25, 0.3) is 15.9 Å². The van der Waals surface area contributed by atoms with Crippen molar-refractivity contribution in [1.82, 2.24) is 24.1 Å². The fraction of sp³-hybridized carbons (Fsp3) is 0.208. The highest BCUT2D eigenvalue weighted by atomic mass is 32.2. The van der Waals surface area contributed by atoms with Gasteiger partial charge in [0.2, 0.25) is 0 Å². The molecule has 0 saturated carbocycles. The molecule has 0 aliphatic rings. The van der Waals surface area contributed by atoms with Gasteiger partial charge in [-0.2, -0.15) is 5.10 Å². The summed E-state index contributed by atoms with van der Waals surface area (Å²) in [7, 11) is -0.946. The summed E-state index contributed by atoms with van der Waals surface area (Å²) in [6.07, 6.45) is 6.41. The Balaban J connectivity index is 1.67. The van der Waals surface area contributed by atoms with E-state index in [0.717, 1.165) is 22.2 Å². The van der Waals surface area contributed by atoms with Crippen LogP contribution in [-0.2, 0) is 21.9 Å². The van der Waals surface area contributed by atoms with Crippen molar-refractivity contribution in [3.63, 3.8) is 0 Å². The standard InChI is InChI=1S/C24H25N5O4S/c1-15-8-10-21(20(13-15)33-5)34(31,32)27-22(30)11-9-19-17(3)26-28(4)24(19)29-14-16(2)18-7-6-12-25-23(18)29/h6-14H,1-5H3,(H,27,30). The summed E-state index contributed by atoms with van der Waals surface area (Å²) in [5, 5.41) is 5.49. The Kier molecular flexibility index (Phi) is 6.01. The summed E-state index contributed by atoms with van der Waals surface area (Å²) in [5.74, 6) is 0.0851. The molecule has 176 valence electrons. The average Bonchev–Trinajstić information content (AvgIpc) is 3.26. The van der Waals surface area contributed by atoms with Crippen molar-refractivity contribution in [2.75, 3.05) is 7.11 Å². The first-order valence-corrected chi connectivity index (χ1v) is 12.0. The summed E-state index contributed by atoms with van der Waals surface area (Å²) >= 11 is 0. The average molecular weight is 480 g/mol. The van der Waals surface area contributed by atoms with Crippen molar-refractivity contribution >= 4 is 33.0 Å². The number of pyridine rings is 1. The molecule has 0 aliphatic carbocycles. The van der Waals surface area contributed by atoms with E-state index in [1.807, 2.05) is 43.7 Å². The number of carbonyl (C=O) groups is 1. The quantitative estimate of drug-likeness (QED) is 0.426. The van der Waals surface area contributed by atoms with E-state index in [2.05, 4.69) is 14.8 Å². The van der Waals surface area contributed by atoms with E-state index < -0.39 is 15.9 Å². The van der Waals surface area contributed by atoms with Crippen molar-refractivity contribution in [2.24, 2.45) is 7.05 Å². The topological polar surface area (TPSA) is 108 Å². The summed E-state index contributed by atoms with van der Waals surface area (Å²) in [4.78, 5) is 17.0. The Hall–Kier alpha value is -3.92. The van der Waals surface area contributed by atoms with Gasteiger partial charge in [0.05, 0.1) is 12.8 Å². The molecule has 9 nitrogen and oxygen atoms in total. The monoisotopic (exact) mass is 479 g/mol. The molecule has 0 radical (unpaired) electrons. The second-order valence-corrected chi connectivity index (χ2v) is 9.61. The van der Waals surface area contributed by atoms with Crippen LogP contribution in [-0.4, -0.2) is 40.8 Å². The number of aromatic nitrogens is 4. The fourth-order valence-electron chi connectivity index (χ4n) is 3.90. The maximum absolute atomic E-state index is 12.8. The number of aryl methyl sites for hydroxylation is 4. The largest absolute Gasteiger partial charge is 0.495 e. The molecule has 4 aromatic rings. The zero-order chi connectivity index (χ0) is 24.6.